The van der Waals surface area contributed by atoms with Gasteiger partial charge in [0.1, 0.15) is 18.3 Å². The lowest BCUT2D eigenvalue weighted by Gasteiger charge is -2.34. The van der Waals surface area contributed by atoms with Gasteiger partial charge in [-0.15, -0.1) is 0 Å². The summed E-state index contributed by atoms with van der Waals surface area (Å²) < 4.78 is 29.1. The molecule has 0 aromatic rings. The average molecular weight is 263 g/mol. The van der Waals surface area contributed by atoms with E-state index in [1.807, 2.05) is 39.5 Å². The normalized spacial score (nSPS) is 45.5. The zero-order valence-electron chi connectivity index (χ0n) is 10.9. The smallest absolute Gasteiger partial charge is 0.408 e. The summed E-state index contributed by atoms with van der Waals surface area (Å²) in [4.78, 5) is 0. The molecule has 0 aromatic carbocycles. The highest BCUT2D eigenvalue weighted by Gasteiger charge is 2.58. The first-order chi connectivity index (χ1) is 9.12. The molecule has 19 heavy (non-hydrogen) atoms. The number of rotatable bonds is 1. The summed E-state index contributed by atoms with van der Waals surface area (Å²) in [5, 5.41) is 0. The van der Waals surface area contributed by atoms with E-state index in [1.165, 1.54) is 0 Å². The van der Waals surface area contributed by atoms with Gasteiger partial charge < -0.3 is 23.5 Å². The maximum absolute atomic E-state index is 6.01. The molecule has 0 spiro atoms. The van der Waals surface area contributed by atoms with Crippen LogP contribution in [0, 0.1) is 31.5 Å². The van der Waals surface area contributed by atoms with E-state index >= 15 is 0 Å². The van der Waals surface area contributed by atoms with Crippen LogP contribution >= 0.6 is 0 Å². The van der Waals surface area contributed by atoms with Crippen molar-refractivity contribution in [1.82, 2.24) is 0 Å². The lowest BCUT2D eigenvalue weighted by molar-refractivity contribution is -0.221. The Hall–Kier alpha value is -0.135. The Morgan fingerprint density at radius 2 is 1.95 bits per heavy atom. The van der Waals surface area contributed by atoms with Gasteiger partial charge in [0.05, 0.1) is 6.61 Å². The molecule has 4 aliphatic rings. The lowest BCUT2D eigenvalue weighted by Crippen LogP contribution is -2.50. The van der Waals surface area contributed by atoms with Gasteiger partial charge in [0.2, 0.25) is 0 Å². The molecular weight excluding hydrogens is 247 g/mol. The number of ether oxygens (including phenoxy) is 3. The second kappa shape index (κ2) is 4.43. The summed E-state index contributed by atoms with van der Waals surface area (Å²) in [5.41, 5.74) is 0. The molecular formula is C13H16BO5. The molecule has 0 amide bonds. The van der Waals surface area contributed by atoms with Gasteiger partial charge in [-0.25, -0.2) is 0 Å². The van der Waals surface area contributed by atoms with Gasteiger partial charge >= 0.3 is 7.12 Å². The van der Waals surface area contributed by atoms with Crippen molar-refractivity contribution in [2.75, 3.05) is 6.61 Å². The summed E-state index contributed by atoms with van der Waals surface area (Å²) in [6.07, 6.45) is 7.15. The van der Waals surface area contributed by atoms with E-state index in [4.69, 9.17) is 23.5 Å². The Kier molecular flexibility index (Phi) is 2.94. The minimum absolute atomic E-state index is 0.114. The fraction of sp³-hybridized carbons (Fsp3) is 0.615. The van der Waals surface area contributed by atoms with Gasteiger partial charge in [0.15, 0.2) is 12.1 Å². The van der Waals surface area contributed by atoms with E-state index in [2.05, 4.69) is 0 Å². The monoisotopic (exact) mass is 263 g/mol. The van der Waals surface area contributed by atoms with Crippen molar-refractivity contribution in [2.45, 2.75) is 44.2 Å². The van der Waals surface area contributed by atoms with Gasteiger partial charge in [-0.1, -0.05) is 0 Å². The van der Waals surface area contributed by atoms with Crippen LogP contribution in [-0.4, -0.2) is 44.1 Å². The molecule has 5 radical (unpaired) electrons. The predicted octanol–water partition coefficient (Wildman–Crippen LogP) is 0.711. The average Bonchev–Trinajstić information content (AvgIpc) is 3.02. The third-order valence-electron chi connectivity index (χ3n) is 3.74. The molecule has 0 unspecified atom stereocenters. The number of hydrogen-bond acceptors (Lipinski definition) is 5. The molecule has 1 saturated carbocycles. The van der Waals surface area contributed by atoms with E-state index < -0.39 is 5.79 Å². The summed E-state index contributed by atoms with van der Waals surface area (Å²) in [7, 11) is -0.342. The van der Waals surface area contributed by atoms with Crippen molar-refractivity contribution in [1.29, 1.82) is 0 Å². The Morgan fingerprint density at radius 3 is 2.74 bits per heavy atom. The van der Waals surface area contributed by atoms with Crippen molar-refractivity contribution in [3.63, 3.8) is 0 Å². The SMILES string of the molecule is CC1(C)O[C@H]2O[C@@H]3COB([C]4[CH][CH][CH][CH]4)O[C@@H]3[C@H]2O1. The molecule has 3 heterocycles. The van der Waals surface area contributed by atoms with Crippen molar-refractivity contribution < 1.29 is 23.5 Å². The van der Waals surface area contributed by atoms with Crippen LogP contribution < -0.4 is 0 Å². The minimum Gasteiger partial charge on any atom is -0.408 e. The molecule has 0 N–H and O–H groups in total. The van der Waals surface area contributed by atoms with E-state index in [0.29, 0.717) is 6.61 Å². The van der Waals surface area contributed by atoms with Crippen molar-refractivity contribution in [2.24, 2.45) is 0 Å². The molecule has 4 fully saturated rings. The summed E-state index contributed by atoms with van der Waals surface area (Å²) >= 11 is 0. The van der Waals surface area contributed by atoms with E-state index in [9.17, 15) is 0 Å². The fourth-order valence-electron chi connectivity index (χ4n) is 2.93. The van der Waals surface area contributed by atoms with E-state index in [0.717, 1.165) is 5.82 Å². The molecule has 4 rings (SSSR count). The zero-order valence-corrected chi connectivity index (χ0v) is 10.9. The highest BCUT2D eigenvalue weighted by Crippen LogP contribution is 2.41. The van der Waals surface area contributed by atoms with Crippen LogP contribution in [0.4, 0.5) is 0 Å². The predicted molar refractivity (Wildman–Crippen MR) is 65.7 cm³/mol. The minimum atomic E-state index is -0.613. The molecule has 0 aromatic heterocycles. The van der Waals surface area contributed by atoms with Crippen LogP contribution in [0.2, 0.25) is 0 Å². The van der Waals surface area contributed by atoms with Gasteiger partial charge in [-0.05, 0) is 39.5 Å². The number of fused-ring (bicyclic) bond motifs is 3. The van der Waals surface area contributed by atoms with Crippen LogP contribution in [0.5, 0.6) is 0 Å². The second-order valence-corrected chi connectivity index (χ2v) is 5.63. The van der Waals surface area contributed by atoms with Gasteiger partial charge in [-0.2, -0.15) is 0 Å². The third kappa shape index (κ3) is 2.14. The second-order valence-electron chi connectivity index (χ2n) is 5.63. The van der Waals surface area contributed by atoms with Gasteiger partial charge in [-0.3, -0.25) is 0 Å². The summed E-state index contributed by atoms with van der Waals surface area (Å²) in [6.45, 7) is 4.27. The Morgan fingerprint density at radius 1 is 1.16 bits per heavy atom. The van der Waals surface area contributed by atoms with Crippen molar-refractivity contribution >= 4 is 7.12 Å². The molecule has 6 heteroatoms. The quantitative estimate of drug-likeness (QED) is 0.652. The first kappa shape index (κ1) is 12.6. The highest BCUT2D eigenvalue weighted by atomic mass is 16.8. The molecule has 101 valence electrons. The Balaban J connectivity index is 1.46. The van der Waals surface area contributed by atoms with Crippen LogP contribution in [-0.2, 0) is 23.5 Å². The van der Waals surface area contributed by atoms with Crippen LogP contribution in [0.1, 0.15) is 13.8 Å². The van der Waals surface area contributed by atoms with Crippen molar-refractivity contribution in [3.8, 4) is 0 Å². The van der Waals surface area contributed by atoms with Crippen LogP contribution in [0.15, 0.2) is 0 Å². The standard InChI is InChI=1S/C13H16BO5/c1-13(2)17-11-10-9(16-12(11)18-13)7-15-14(19-10)8-5-3-4-6-8/h3-6,9-12H,7H2,1-2H3/t9-,10+,11-,12-/m1/s1. The zero-order chi connectivity index (χ0) is 13.0. The Bertz CT molecular complexity index is 357. The maximum atomic E-state index is 6.01. The molecule has 4 atom stereocenters. The summed E-state index contributed by atoms with van der Waals surface area (Å²) in [5.74, 6) is 0.415. The molecule has 1 aliphatic carbocycles. The highest BCUT2D eigenvalue weighted by molar-refractivity contribution is 6.53. The molecule has 0 bridgehead atoms. The molecule has 3 aliphatic heterocycles. The van der Waals surface area contributed by atoms with Crippen molar-refractivity contribution in [3.05, 3.63) is 31.5 Å². The van der Waals surface area contributed by atoms with E-state index in [1.54, 1.807) is 0 Å². The van der Waals surface area contributed by atoms with Gasteiger partial charge in [0.25, 0.3) is 0 Å². The molecule has 5 nitrogen and oxygen atoms in total. The number of hydrogen-bond donors (Lipinski definition) is 0. The molecule has 3 saturated heterocycles. The Labute approximate surface area is 114 Å². The fourth-order valence-corrected chi connectivity index (χ4v) is 2.93. The summed E-state index contributed by atoms with van der Waals surface area (Å²) in [6, 6.07) is 0. The van der Waals surface area contributed by atoms with Crippen LogP contribution in [0.3, 0.4) is 0 Å². The largest absolute Gasteiger partial charge is 0.464 e. The van der Waals surface area contributed by atoms with Crippen LogP contribution in [0.25, 0.3) is 0 Å². The van der Waals surface area contributed by atoms with E-state index in [-0.39, 0.29) is 31.7 Å². The lowest BCUT2D eigenvalue weighted by atomic mass is 9.69. The van der Waals surface area contributed by atoms with Gasteiger partial charge in [0, 0.05) is 5.82 Å². The first-order valence-electron chi connectivity index (χ1n) is 6.62. The maximum Gasteiger partial charge on any atom is 0.464 e. The third-order valence-corrected chi connectivity index (χ3v) is 3.74. The first-order valence-corrected chi connectivity index (χ1v) is 6.62. The topological polar surface area (TPSA) is 46.2 Å².